The Morgan fingerprint density at radius 1 is 1.03 bits per heavy atom. The topological polar surface area (TPSA) is 76.6 Å². The molecule has 7 nitrogen and oxygen atoms in total. The molecule has 208 valence electrons. The Kier molecular flexibility index (Phi) is 9.10. The number of pyridine rings is 2. The zero-order valence-corrected chi connectivity index (χ0v) is 24.2. The number of carbonyl (C=O) groups excluding carboxylic acids is 1. The highest BCUT2D eigenvalue weighted by molar-refractivity contribution is 5.84. The lowest BCUT2D eigenvalue weighted by Crippen LogP contribution is -2.38. The van der Waals surface area contributed by atoms with E-state index < -0.39 is 0 Å². The summed E-state index contributed by atoms with van der Waals surface area (Å²) in [5, 5.41) is 3.38. The van der Waals surface area contributed by atoms with Gasteiger partial charge in [-0.2, -0.15) is 0 Å². The largest absolute Gasteiger partial charge is 0.492 e. The Morgan fingerprint density at radius 2 is 1.74 bits per heavy atom. The quantitative estimate of drug-likeness (QED) is 0.241. The number of esters is 1. The molecule has 0 spiro atoms. The predicted molar refractivity (Wildman–Crippen MR) is 158 cm³/mol. The molecule has 3 heterocycles. The molecule has 0 atom stereocenters. The predicted octanol–water partition coefficient (Wildman–Crippen LogP) is 6.37. The molecule has 0 aliphatic carbocycles. The van der Waals surface area contributed by atoms with Crippen molar-refractivity contribution in [1.82, 2.24) is 9.97 Å². The van der Waals surface area contributed by atoms with Crippen LogP contribution in [0.1, 0.15) is 57.4 Å². The van der Waals surface area contributed by atoms with Crippen molar-refractivity contribution in [3.8, 4) is 17.0 Å². The van der Waals surface area contributed by atoms with Gasteiger partial charge in [-0.25, -0.2) is 0 Å². The third kappa shape index (κ3) is 7.71. The van der Waals surface area contributed by atoms with Crippen molar-refractivity contribution in [2.75, 3.05) is 36.5 Å². The molecule has 4 rings (SSSR count). The molecule has 1 N–H and O–H groups in total. The van der Waals surface area contributed by atoms with Crippen molar-refractivity contribution in [2.24, 2.45) is 5.41 Å². The lowest BCUT2D eigenvalue weighted by molar-refractivity contribution is -0.146. The monoisotopic (exact) mass is 530 g/mol. The summed E-state index contributed by atoms with van der Waals surface area (Å²) in [5.41, 5.74) is 7.06. The van der Waals surface area contributed by atoms with Crippen LogP contribution in [0.2, 0.25) is 0 Å². The highest BCUT2D eigenvalue weighted by Crippen LogP contribution is 2.39. The van der Waals surface area contributed by atoms with E-state index in [1.54, 1.807) is 0 Å². The van der Waals surface area contributed by atoms with Gasteiger partial charge in [0.1, 0.15) is 12.4 Å². The number of rotatable bonds is 10. The zero-order valence-electron chi connectivity index (χ0n) is 24.2. The average Bonchev–Trinajstić information content (AvgIpc) is 2.89. The summed E-state index contributed by atoms with van der Waals surface area (Å²) in [6.45, 7) is 15.5. The van der Waals surface area contributed by atoms with E-state index in [2.05, 4.69) is 36.0 Å². The fourth-order valence-electron chi connectivity index (χ4n) is 4.84. The fraction of sp³-hybridized carbons (Fsp3) is 0.469. The maximum absolute atomic E-state index is 12.7. The van der Waals surface area contributed by atoms with Gasteiger partial charge in [0.2, 0.25) is 0 Å². The van der Waals surface area contributed by atoms with Gasteiger partial charge in [0.05, 0.1) is 35.8 Å². The lowest BCUT2D eigenvalue weighted by atomic mass is 9.82. The first-order valence-electron chi connectivity index (χ1n) is 13.9. The number of benzene rings is 1. The lowest BCUT2D eigenvalue weighted by Gasteiger charge is -2.40. The molecular weight excluding hydrogens is 488 g/mol. The molecule has 3 aromatic rings. The number of aryl methyl sites for hydroxylation is 2. The van der Waals surface area contributed by atoms with Crippen LogP contribution in [0.15, 0.2) is 48.8 Å². The van der Waals surface area contributed by atoms with Gasteiger partial charge in [0, 0.05) is 42.7 Å². The van der Waals surface area contributed by atoms with Crippen LogP contribution in [0, 0.1) is 19.3 Å². The Balaban J connectivity index is 1.53. The van der Waals surface area contributed by atoms with Gasteiger partial charge in [-0.1, -0.05) is 31.5 Å². The summed E-state index contributed by atoms with van der Waals surface area (Å²) < 4.78 is 11.3. The molecule has 0 unspecified atom stereocenters. The number of piperidine rings is 1. The van der Waals surface area contributed by atoms with E-state index in [9.17, 15) is 4.79 Å². The van der Waals surface area contributed by atoms with Crippen LogP contribution >= 0.6 is 0 Å². The third-order valence-corrected chi connectivity index (χ3v) is 7.25. The summed E-state index contributed by atoms with van der Waals surface area (Å²) in [7, 11) is 0. The minimum absolute atomic E-state index is 0.155. The number of anilines is 2. The molecule has 0 radical (unpaired) electrons. The molecule has 1 fully saturated rings. The Hall–Kier alpha value is -3.61. The summed E-state index contributed by atoms with van der Waals surface area (Å²) in [4.78, 5) is 24.6. The highest BCUT2D eigenvalue weighted by atomic mass is 16.5. The molecule has 7 heteroatoms. The van der Waals surface area contributed by atoms with Gasteiger partial charge in [0.15, 0.2) is 0 Å². The minimum atomic E-state index is -0.231. The van der Waals surface area contributed by atoms with Crippen LogP contribution < -0.4 is 15.0 Å². The van der Waals surface area contributed by atoms with E-state index in [4.69, 9.17) is 14.5 Å². The van der Waals surface area contributed by atoms with Crippen molar-refractivity contribution in [2.45, 2.75) is 66.9 Å². The first-order valence-corrected chi connectivity index (χ1v) is 13.9. The molecule has 1 aliphatic heterocycles. The van der Waals surface area contributed by atoms with Crippen LogP contribution in [0.3, 0.4) is 0 Å². The Bertz CT molecular complexity index is 1240. The third-order valence-electron chi connectivity index (χ3n) is 7.25. The van der Waals surface area contributed by atoms with Gasteiger partial charge < -0.3 is 19.7 Å². The van der Waals surface area contributed by atoms with Gasteiger partial charge in [-0.15, -0.1) is 0 Å². The van der Waals surface area contributed by atoms with E-state index in [1.165, 1.54) is 5.56 Å². The Morgan fingerprint density at radius 3 is 2.38 bits per heavy atom. The van der Waals surface area contributed by atoms with E-state index in [-0.39, 0.29) is 18.5 Å². The van der Waals surface area contributed by atoms with Crippen molar-refractivity contribution < 1.29 is 14.3 Å². The zero-order chi connectivity index (χ0) is 28.0. The molecule has 0 amide bonds. The van der Waals surface area contributed by atoms with Crippen LogP contribution in [0.5, 0.6) is 5.75 Å². The van der Waals surface area contributed by atoms with Crippen molar-refractivity contribution in [3.63, 3.8) is 0 Å². The minimum Gasteiger partial charge on any atom is -0.492 e. The summed E-state index contributed by atoms with van der Waals surface area (Å²) in [6, 6.07) is 12.1. The smallest absolute Gasteiger partial charge is 0.310 e. The molecule has 0 bridgehead atoms. The van der Waals surface area contributed by atoms with Crippen molar-refractivity contribution in [1.29, 1.82) is 0 Å². The fourth-order valence-corrected chi connectivity index (χ4v) is 4.84. The first-order chi connectivity index (χ1) is 18.6. The number of carbonyl (C=O) groups is 1. The van der Waals surface area contributed by atoms with E-state index in [0.29, 0.717) is 18.6 Å². The van der Waals surface area contributed by atoms with Gasteiger partial charge in [-0.3, -0.25) is 14.8 Å². The van der Waals surface area contributed by atoms with Crippen LogP contribution in [-0.2, 0) is 16.0 Å². The van der Waals surface area contributed by atoms with Crippen LogP contribution in [-0.4, -0.2) is 48.3 Å². The standard InChI is InChI=1S/C32H42N4O3/c1-22(2)39-30(37)19-27-24(4)34-21-28(31(27)36-16-13-32(5,6)14-17-36)29-12-9-25(20-35-29)33-15-18-38-26-10-7-23(3)8-11-26/h7-12,20-22,33H,13-19H2,1-6H3. The molecule has 1 aromatic carbocycles. The van der Waals surface area contributed by atoms with E-state index in [1.807, 2.05) is 69.6 Å². The molecule has 39 heavy (non-hydrogen) atoms. The maximum atomic E-state index is 12.7. The van der Waals surface area contributed by atoms with Gasteiger partial charge in [-0.05, 0) is 70.2 Å². The maximum Gasteiger partial charge on any atom is 0.310 e. The number of aromatic nitrogens is 2. The number of nitrogens with zero attached hydrogens (tertiary/aromatic N) is 3. The normalized spacial score (nSPS) is 14.8. The summed E-state index contributed by atoms with van der Waals surface area (Å²) in [5.74, 6) is 0.635. The summed E-state index contributed by atoms with van der Waals surface area (Å²) in [6.07, 6.45) is 5.96. The van der Waals surface area contributed by atoms with Crippen LogP contribution in [0.25, 0.3) is 11.3 Å². The molecular formula is C32H42N4O3. The van der Waals surface area contributed by atoms with Gasteiger partial charge >= 0.3 is 5.97 Å². The average molecular weight is 531 g/mol. The number of hydrogen-bond acceptors (Lipinski definition) is 7. The Labute approximate surface area is 233 Å². The molecule has 1 aliphatic rings. The van der Waals surface area contributed by atoms with Crippen molar-refractivity contribution in [3.05, 3.63) is 65.6 Å². The van der Waals surface area contributed by atoms with Gasteiger partial charge in [0.25, 0.3) is 0 Å². The highest BCUT2D eigenvalue weighted by Gasteiger charge is 2.29. The van der Waals surface area contributed by atoms with E-state index in [0.717, 1.165) is 65.6 Å². The van der Waals surface area contributed by atoms with E-state index >= 15 is 0 Å². The van der Waals surface area contributed by atoms with Crippen LogP contribution in [0.4, 0.5) is 11.4 Å². The second kappa shape index (κ2) is 12.5. The number of ether oxygens (including phenoxy) is 2. The molecule has 0 saturated carbocycles. The molecule has 1 saturated heterocycles. The number of hydrogen-bond donors (Lipinski definition) is 1. The summed E-state index contributed by atoms with van der Waals surface area (Å²) >= 11 is 0. The number of nitrogens with one attached hydrogen (secondary N) is 1. The van der Waals surface area contributed by atoms with Crippen molar-refractivity contribution >= 4 is 17.3 Å². The second-order valence-corrected chi connectivity index (χ2v) is 11.5. The SMILES string of the molecule is Cc1ccc(OCCNc2ccc(-c3cnc(C)c(CC(=O)OC(C)C)c3N3CCC(C)(C)CC3)nc2)cc1. The molecule has 2 aromatic heterocycles. The first kappa shape index (κ1) is 28.4. The second-order valence-electron chi connectivity index (χ2n) is 11.5.